The van der Waals surface area contributed by atoms with Crippen LogP contribution >= 0.6 is 11.6 Å². The van der Waals surface area contributed by atoms with E-state index in [1.807, 2.05) is 55.6 Å². The van der Waals surface area contributed by atoms with Crippen molar-refractivity contribution in [2.45, 2.75) is 13.0 Å². The topological polar surface area (TPSA) is 53.6 Å². The van der Waals surface area contributed by atoms with Crippen LogP contribution in [0.15, 0.2) is 73.2 Å². The molecule has 5 aromatic rings. The second-order valence-electron chi connectivity index (χ2n) is 7.24. The molecule has 0 aliphatic heterocycles. The van der Waals surface area contributed by atoms with E-state index in [2.05, 4.69) is 20.3 Å². The van der Waals surface area contributed by atoms with E-state index < -0.39 is 0 Å². The molecule has 1 unspecified atom stereocenters. The molecule has 0 fully saturated rings. The molecule has 0 spiro atoms. The van der Waals surface area contributed by atoms with Crippen LogP contribution in [0, 0.1) is 5.82 Å². The number of fused-ring (bicyclic) bond motifs is 2. The summed E-state index contributed by atoms with van der Waals surface area (Å²) in [5, 5.41) is 5.79. The van der Waals surface area contributed by atoms with Crippen molar-refractivity contribution < 1.29 is 4.39 Å². The highest BCUT2D eigenvalue weighted by atomic mass is 35.5. The number of para-hydroxylation sites is 1. The van der Waals surface area contributed by atoms with Gasteiger partial charge in [0.25, 0.3) is 0 Å². The van der Waals surface area contributed by atoms with Crippen LogP contribution in [0.2, 0.25) is 5.02 Å². The Morgan fingerprint density at radius 2 is 1.87 bits per heavy atom. The standard InChI is InChI=1S/C24H18ClFN4/c1-14(30-23-18-4-2-3-5-22(18)28-13-20(23)25)19-11-15(6-7-21(19)26)17-10-16-8-9-27-24(16)29-12-17/h2-14H,1H3,(H,27,29)(H,28,30). The zero-order valence-electron chi connectivity index (χ0n) is 16.2. The maximum absolute atomic E-state index is 14.8. The van der Waals surface area contributed by atoms with Crippen molar-refractivity contribution in [1.29, 1.82) is 0 Å². The Morgan fingerprint density at radius 1 is 1.00 bits per heavy atom. The van der Waals surface area contributed by atoms with E-state index in [9.17, 15) is 4.39 Å². The van der Waals surface area contributed by atoms with E-state index in [0.29, 0.717) is 10.6 Å². The molecule has 30 heavy (non-hydrogen) atoms. The normalized spacial score (nSPS) is 12.4. The van der Waals surface area contributed by atoms with Crippen LogP contribution in [-0.4, -0.2) is 15.0 Å². The minimum Gasteiger partial charge on any atom is -0.377 e. The summed E-state index contributed by atoms with van der Waals surface area (Å²) in [5.41, 5.74) is 4.80. The lowest BCUT2D eigenvalue weighted by Gasteiger charge is -2.19. The smallest absolute Gasteiger partial charge is 0.137 e. The summed E-state index contributed by atoms with van der Waals surface area (Å²) in [5.74, 6) is -0.274. The lowest BCUT2D eigenvalue weighted by atomic mass is 9.99. The number of benzene rings is 2. The van der Waals surface area contributed by atoms with E-state index in [1.54, 1.807) is 18.5 Å². The van der Waals surface area contributed by atoms with Gasteiger partial charge in [0.1, 0.15) is 11.5 Å². The highest BCUT2D eigenvalue weighted by Gasteiger charge is 2.16. The number of halogens is 2. The third-order valence-electron chi connectivity index (χ3n) is 5.29. The molecular weight excluding hydrogens is 399 g/mol. The largest absolute Gasteiger partial charge is 0.377 e. The van der Waals surface area contributed by atoms with Gasteiger partial charge in [-0.15, -0.1) is 0 Å². The number of rotatable bonds is 4. The molecule has 1 atom stereocenters. The molecule has 0 radical (unpaired) electrons. The molecule has 0 aliphatic rings. The first-order valence-corrected chi connectivity index (χ1v) is 10.0. The number of nitrogens with one attached hydrogen (secondary N) is 2. The number of pyridine rings is 2. The lowest BCUT2D eigenvalue weighted by molar-refractivity contribution is 0.600. The van der Waals surface area contributed by atoms with Gasteiger partial charge in [-0.2, -0.15) is 0 Å². The van der Waals surface area contributed by atoms with Crippen LogP contribution in [0.1, 0.15) is 18.5 Å². The van der Waals surface area contributed by atoms with Gasteiger partial charge >= 0.3 is 0 Å². The fourth-order valence-electron chi connectivity index (χ4n) is 3.71. The van der Waals surface area contributed by atoms with Gasteiger partial charge in [-0.05, 0) is 42.8 Å². The predicted octanol–water partition coefficient (Wildman–Crippen LogP) is 6.74. The molecule has 0 amide bonds. The Bertz CT molecular complexity index is 1380. The van der Waals surface area contributed by atoms with Crippen LogP contribution < -0.4 is 5.32 Å². The Labute approximate surface area is 177 Å². The van der Waals surface area contributed by atoms with Gasteiger partial charge in [0.05, 0.1) is 22.3 Å². The minimum absolute atomic E-state index is 0.274. The molecular formula is C24H18ClFN4. The molecule has 3 aromatic heterocycles. The van der Waals surface area contributed by atoms with Crippen LogP contribution in [-0.2, 0) is 0 Å². The second-order valence-corrected chi connectivity index (χ2v) is 7.65. The fraction of sp³-hybridized carbons (Fsp3) is 0.0833. The van der Waals surface area contributed by atoms with Crippen molar-refractivity contribution >= 4 is 39.2 Å². The van der Waals surface area contributed by atoms with Crippen LogP contribution in [0.25, 0.3) is 33.1 Å². The summed E-state index contributed by atoms with van der Waals surface area (Å²) in [7, 11) is 0. The number of hydrogen-bond donors (Lipinski definition) is 2. The van der Waals surface area contributed by atoms with Crippen molar-refractivity contribution in [3.05, 3.63) is 89.6 Å². The zero-order chi connectivity index (χ0) is 20.7. The minimum atomic E-state index is -0.308. The Balaban J connectivity index is 1.53. The van der Waals surface area contributed by atoms with Gasteiger partial charge in [-0.1, -0.05) is 35.9 Å². The summed E-state index contributed by atoms with van der Waals surface area (Å²) >= 11 is 6.42. The predicted molar refractivity (Wildman–Crippen MR) is 120 cm³/mol. The monoisotopic (exact) mass is 416 g/mol. The first-order chi connectivity index (χ1) is 14.6. The molecule has 0 saturated heterocycles. The number of nitrogens with zero attached hydrogens (tertiary/aromatic N) is 2. The number of aromatic nitrogens is 3. The lowest BCUT2D eigenvalue weighted by Crippen LogP contribution is -2.10. The average molecular weight is 417 g/mol. The number of aromatic amines is 1. The number of H-pyrrole nitrogens is 1. The molecule has 3 heterocycles. The molecule has 0 aliphatic carbocycles. The van der Waals surface area contributed by atoms with E-state index in [0.717, 1.165) is 38.8 Å². The van der Waals surface area contributed by atoms with Crippen molar-refractivity contribution in [1.82, 2.24) is 15.0 Å². The van der Waals surface area contributed by atoms with Crippen LogP contribution in [0.4, 0.5) is 10.1 Å². The summed E-state index contributed by atoms with van der Waals surface area (Å²) in [6.45, 7) is 1.92. The molecule has 2 N–H and O–H groups in total. The van der Waals surface area contributed by atoms with Crippen molar-refractivity contribution in [2.24, 2.45) is 0 Å². The van der Waals surface area contributed by atoms with E-state index in [4.69, 9.17) is 11.6 Å². The third kappa shape index (κ3) is 3.27. The van der Waals surface area contributed by atoms with Gasteiger partial charge in [-0.3, -0.25) is 4.98 Å². The van der Waals surface area contributed by atoms with Crippen molar-refractivity contribution in [2.75, 3.05) is 5.32 Å². The molecule has 2 aromatic carbocycles. The highest BCUT2D eigenvalue weighted by Crippen LogP contribution is 2.34. The van der Waals surface area contributed by atoms with Crippen LogP contribution in [0.3, 0.4) is 0 Å². The number of hydrogen-bond acceptors (Lipinski definition) is 3. The molecule has 0 saturated carbocycles. The number of anilines is 1. The van der Waals surface area contributed by atoms with Gasteiger partial charge in [-0.25, -0.2) is 9.37 Å². The van der Waals surface area contributed by atoms with E-state index in [1.165, 1.54) is 6.07 Å². The SMILES string of the molecule is CC(Nc1c(Cl)cnc2ccccc12)c1cc(-c2cnc3[nH]ccc3c2)ccc1F. The van der Waals surface area contributed by atoms with E-state index in [-0.39, 0.29) is 11.9 Å². The Hall–Kier alpha value is -3.44. The summed E-state index contributed by atoms with van der Waals surface area (Å²) in [4.78, 5) is 11.9. The molecule has 5 rings (SSSR count). The summed E-state index contributed by atoms with van der Waals surface area (Å²) < 4.78 is 14.8. The summed E-state index contributed by atoms with van der Waals surface area (Å²) in [6.07, 6.45) is 5.26. The quantitative estimate of drug-likeness (QED) is 0.341. The Morgan fingerprint density at radius 3 is 2.77 bits per heavy atom. The van der Waals surface area contributed by atoms with Gasteiger partial charge < -0.3 is 10.3 Å². The van der Waals surface area contributed by atoms with Crippen LogP contribution in [0.5, 0.6) is 0 Å². The fourth-order valence-corrected chi connectivity index (χ4v) is 3.92. The van der Waals surface area contributed by atoms with E-state index >= 15 is 0 Å². The first-order valence-electron chi connectivity index (χ1n) is 9.63. The van der Waals surface area contributed by atoms with Gasteiger partial charge in [0.15, 0.2) is 0 Å². The average Bonchev–Trinajstić information content (AvgIpc) is 3.24. The maximum atomic E-state index is 14.8. The van der Waals surface area contributed by atoms with Crippen molar-refractivity contribution in [3.63, 3.8) is 0 Å². The molecule has 148 valence electrons. The van der Waals surface area contributed by atoms with Gasteiger partial charge in [0.2, 0.25) is 0 Å². The Kier molecular flexibility index (Phi) is 4.60. The second kappa shape index (κ2) is 7.43. The first kappa shape index (κ1) is 18.6. The highest BCUT2D eigenvalue weighted by molar-refractivity contribution is 6.34. The maximum Gasteiger partial charge on any atom is 0.137 e. The molecule has 4 nitrogen and oxygen atoms in total. The summed E-state index contributed by atoms with van der Waals surface area (Å²) in [6, 6.07) is 16.6. The zero-order valence-corrected chi connectivity index (χ0v) is 16.9. The van der Waals surface area contributed by atoms with Crippen molar-refractivity contribution in [3.8, 4) is 11.1 Å². The molecule has 6 heteroatoms. The third-order valence-corrected chi connectivity index (χ3v) is 5.57. The van der Waals surface area contributed by atoms with Gasteiger partial charge in [0, 0.05) is 40.5 Å². The molecule has 0 bridgehead atoms.